The molecule has 1 N–H and O–H groups in total. The molecular weight excluding hydrogens is 199 g/mol. The van der Waals surface area contributed by atoms with Crippen molar-refractivity contribution in [1.82, 2.24) is 0 Å². The Bertz CT molecular complexity index is 361. The van der Waals surface area contributed by atoms with E-state index in [-0.39, 0.29) is 18.8 Å². The number of aliphatic carboxylic acids is 1. The Hall–Kier alpha value is -1.84. The second-order valence-corrected chi connectivity index (χ2v) is 2.84. The number of benzene rings is 1. The van der Waals surface area contributed by atoms with E-state index in [1.165, 1.54) is 18.2 Å². The van der Waals surface area contributed by atoms with Crippen molar-refractivity contribution in [2.75, 3.05) is 6.61 Å². The van der Waals surface area contributed by atoms with Gasteiger partial charge in [-0.05, 0) is 12.1 Å². The maximum Gasteiger partial charge on any atom is 0.307 e. The van der Waals surface area contributed by atoms with Gasteiger partial charge in [-0.2, -0.15) is 0 Å². The van der Waals surface area contributed by atoms with Crippen molar-refractivity contribution in [3.05, 3.63) is 42.2 Å². The SMILES string of the molecule is O=C(O)C/C=C/COc1cccc(F)c1. The van der Waals surface area contributed by atoms with Crippen LogP contribution in [0.5, 0.6) is 5.75 Å². The van der Waals surface area contributed by atoms with Gasteiger partial charge in [-0.1, -0.05) is 18.2 Å². The molecule has 0 aliphatic carbocycles. The standard InChI is InChI=1S/C11H11FO3/c12-9-4-3-5-10(8-9)15-7-2-1-6-11(13)14/h1-5,8H,6-7H2,(H,13,14)/b2-1+. The first kappa shape index (κ1) is 11.2. The molecular formula is C11H11FO3. The molecule has 15 heavy (non-hydrogen) atoms. The first-order chi connectivity index (χ1) is 7.18. The van der Waals surface area contributed by atoms with Gasteiger partial charge in [0.1, 0.15) is 18.2 Å². The summed E-state index contributed by atoms with van der Waals surface area (Å²) in [5, 5.41) is 8.32. The molecule has 0 amide bonds. The first-order valence-corrected chi connectivity index (χ1v) is 4.43. The Labute approximate surface area is 86.8 Å². The zero-order valence-electron chi connectivity index (χ0n) is 8.02. The Morgan fingerprint density at radius 2 is 2.27 bits per heavy atom. The van der Waals surface area contributed by atoms with Crippen LogP contribution in [0, 0.1) is 5.82 Å². The molecule has 3 nitrogen and oxygen atoms in total. The van der Waals surface area contributed by atoms with E-state index >= 15 is 0 Å². The van der Waals surface area contributed by atoms with Crippen LogP contribution in [0.4, 0.5) is 4.39 Å². The van der Waals surface area contributed by atoms with Crippen LogP contribution >= 0.6 is 0 Å². The Balaban J connectivity index is 2.31. The predicted molar refractivity (Wildman–Crippen MR) is 53.3 cm³/mol. The molecule has 0 fully saturated rings. The summed E-state index contributed by atoms with van der Waals surface area (Å²) in [6, 6.07) is 5.78. The van der Waals surface area contributed by atoms with E-state index in [1.807, 2.05) is 0 Å². The lowest BCUT2D eigenvalue weighted by atomic mass is 10.3. The average Bonchev–Trinajstić information content (AvgIpc) is 2.17. The molecule has 0 saturated carbocycles. The van der Waals surface area contributed by atoms with Gasteiger partial charge in [0.15, 0.2) is 0 Å². The third-order valence-electron chi connectivity index (χ3n) is 1.60. The van der Waals surface area contributed by atoms with Crippen LogP contribution in [0.1, 0.15) is 6.42 Å². The molecule has 0 bridgehead atoms. The van der Waals surface area contributed by atoms with Gasteiger partial charge in [0.05, 0.1) is 6.42 Å². The van der Waals surface area contributed by atoms with Crippen LogP contribution < -0.4 is 4.74 Å². The minimum Gasteiger partial charge on any atom is -0.489 e. The van der Waals surface area contributed by atoms with Crippen LogP contribution in [0.25, 0.3) is 0 Å². The molecule has 0 aromatic heterocycles. The molecule has 0 spiro atoms. The monoisotopic (exact) mass is 210 g/mol. The predicted octanol–water partition coefficient (Wildman–Crippen LogP) is 2.24. The van der Waals surface area contributed by atoms with Crippen LogP contribution in [-0.2, 0) is 4.79 Å². The van der Waals surface area contributed by atoms with Gasteiger partial charge < -0.3 is 9.84 Å². The fourth-order valence-electron chi connectivity index (χ4n) is 0.953. The van der Waals surface area contributed by atoms with Crippen molar-refractivity contribution in [3.63, 3.8) is 0 Å². The summed E-state index contributed by atoms with van der Waals surface area (Å²) in [6.45, 7) is 0.233. The number of rotatable bonds is 5. The van der Waals surface area contributed by atoms with Gasteiger partial charge in [0, 0.05) is 6.07 Å². The average molecular weight is 210 g/mol. The Kier molecular flexibility index (Phi) is 4.34. The van der Waals surface area contributed by atoms with E-state index in [0.29, 0.717) is 5.75 Å². The first-order valence-electron chi connectivity index (χ1n) is 4.43. The molecule has 0 heterocycles. The maximum atomic E-state index is 12.7. The number of ether oxygens (including phenoxy) is 1. The number of hydrogen-bond acceptors (Lipinski definition) is 2. The maximum absolute atomic E-state index is 12.7. The molecule has 0 unspecified atom stereocenters. The minimum atomic E-state index is -0.892. The molecule has 4 heteroatoms. The highest BCUT2D eigenvalue weighted by Gasteiger charge is 1.94. The fourth-order valence-corrected chi connectivity index (χ4v) is 0.953. The van der Waals surface area contributed by atoms with E-state index in [4.69, 9.17) is 9.84 Å². The highest BCUT2D eigenvalue weighted by atomic mass is 19.1. The van der Waals surface area contributed by atoms with E-state index in [2.05, 4.69) is 0 Å². The zero-order valence-corrected chi connectivity index (χ0v) is 8.02. The Morgan fingerprint density at radius 1 is 1.47 bits per heavy atom. The molecule has 0 atom stereocenters. The molecule has 1 aromatic carbocycles. The van der Waals surface area contributed by atoms with E-state index in [1.54, 1.807) is 18.2 Å². The van der Waals surface area contributed by atoms with E-state index < -0.39 is 5.97 Å². The summed E-state index contributed by atoms with van der Waals surface area (Å²) >= 11 is 0. The largest absolute Gasteiger partial charge is 0.489 e. The van der Waals surface area contributed by atoms with E-state index in [9.17, 15) is 9.18 Å². The number of halogens is 1. The number of carbonyl (C=O) groups is 1. The number of hydrogen-bond donors (Lipinski definition) is 1. The summed E-state index contributed by atoms with van der Waals surface area (Å²) in [5.41, 5.74) is 0. The van der Waals surface area contributed by atoms with Crippen LogP contribution in [0.3, 0.4) is 0 Å². The highest BCUT2D eigenvalue weighted by molar-refractivity contribution is 5.68. The molecule has 0 aliphatic rings. The van der Waals surface area contributed by atoms with Crippen molar-refractivity contribution in [2.45, 2.75) is 6.42 Å². The van der Waals surface area contributed by atoms with Gasteiger partial charge in [-0.15, -0.1) is 0 Å². The van der Waals surface area contributed by atoms with Crippen LogP contribution in [0.15, 0.2) is 36.4 Å². The van der Waals surface area contributed by atoms with Crippen molar-refractivity contribution < 1.29 is 19.0 Å². The van der Waals surface area contributed by atoms with Gasteiger partial charge in [-0.3, -0.25) is 4.79 Å². The molecule has 0 radical (unpaired) electrons. The third-order valence-corrected chi connectivity index (χ3v) is 1.60. The van der Waals surface area contributed by atoms with Crippen molar-refractivity contribution in [3.8, 4) is 5.75 Å². The summed E-state index contributed by atoms with van der Waals surface area (Å²) in [7, 11) is 0. The van der Waals surface area contributed by atoms with Crippen molar-refractivity contribution >= 4 is 5.97 Å². The van der Waals surface area contributed by atoms with E-state index in [0.717, 1.165) is 0 Å². The van der Waals surface area contributed by atoms with Crippen molar-refractivity contribution in [2.24, 2.45) is 0 Å². The summed E-state index contributed by atoms with van der Waals surface area (Å²) in [5.74, 6) is -0.825. The quantitative estimate of drug-likeness (QED) is 0.758. The minimum absolute atomic E-state index is 0.0352. The smallest absolute Gasteiger partial charge is 0.307 e. The lowest BCUT2D eigenvalue weighted by Gasteiger charge is -2.01. The number of carboxylic acid groups (broad SMARTS) is 1. The van der Waals surface area contributed by atoms with Crippen LogP contribution in [-0.4, -0.2) is 17.7 Å². The second kappa shape index (κ2) is 5.80. The molecule has 0 aliphatic heterocycles. The van der Waals surface area contributed by atoms with Gasteiger partial charge in [-0.25, -0.2) is 4.39 Å². The topological polar surface area (TPSA) is 46.5 Å². The van der Waals surface area contributed by atoms with Crippen molar-refractivity contribution in [1.29, 1.82) is 0 Å². The third kappa shape index (κ3) is 4.81. The second-order valence-electron chi connectivity index (χ2n) is 2.84. The van der Waals surface area contributed by atoms with Gasteiger partial charge in [0.2, 0.25) is 0 Å². The fraction of sp³-hybridized carbons (Fsp3) is 0.182. The lowest BCUT2D eigenvalue weighted by Crippen LogP contribution is -1.95. The van der Waals surface area contributed by atoms with Crippen LogP contribution in [0.2, 0.25) is 0 Å². The molecule has 1 rings (SSSR count). The number of carboxylic acids is 1. The zero-order chi connectivity index (χ0) is 11.1. The summed E-state index contributed by atoms with van der Waals surface area (Å²) in [6.07, 6.45) is 3.03. The summed E-state index contributed by atoms with van der Waals surface area (Å²) in [4.78, 5) is 10.1. The summed E-state index contributed by atoms with van der Waals surface area (Å²) < 4.78 is 17.8. The Morgan fingerprint density at radius 3 is 2.93 bits per heavy atom. The normalized spacial score (nSPS) is 10.5. The molecule has 80 valence electrons. The van der Waals surface area contributed by atoms with Gasteiger partial charge >= 0.3 is 5.97 Å². The highest BCUT2D eigenvalue weighted by Crippen LogP contribution is 2.11. The van der Waals surface area contributed by atoms with Gasteiger partial charge in [0.25, 0.3) is 0 Å². The molecule has 0 saturated heterocycles. The molecule has 1 aromatic rings. The lowest BCUT2D eigenvalue weighted by molar-refractivity contribution is -0.136.